The highest BCUT2D eigenvalue weighted by atomic mass is 16.5. The van der Waals surface area contributed by atoms with Gasteiger partial charge in [-0.15, -0.1) is 0 Å². The molecule has 0 radical (unpaired) electrons. The lowest BCUT2D eigenvalue weighted by molar-refractivity contribution is -0.108. The molecule has 0 spiro atoms. The fourth-order valence-electron chi connectivity index (χ4n) is 2.80. The highest BCUT2D eigenvalue weighted by molar-refractivity contribution is 5.66. The number of benzene rings is 1. The average Bonchev–Trinajstić information content (AvgIpc) is 2.98. The van der Waals surface area contributed by atoms with E-state index < -0.39 is 0 Å². The van der Waals surface area contributed by atoms with E-state index in [9.17, 15) is 9.59 Å². The Morgan fingerprint density at radius 3 is 2.29 bits per heavy atom. The number of aldehydes is 2. The fraction of sp³-hybridized carbons (Fsp3) is 0.429. The zero-order valence-electron chi connectivity index (χ0n) is 14.9. The van der Waals surface area contributed by atoms with Gasteiger partial charge in [-0.2, -0.15) is 0 Å². The van der Waals surface area contributed by atoms with Gasteiger partial charge in [0.15, 0.2) is 0 Å². The number of carbonyl (C=O) groups is 2. The van der Waals surface area contributed by atoms with Gasteiger partial charge in [0.2, 0.25) is 0 Å². The molecule has 0 saturated heterocycles. The molecule has 0 bridgehead atoms. The molecule has 1 aliphatic carbocycles. The molecule has 1 aromatic carbocycles. The van der Waals surface area contributed by atoms with E-state index >= 15 is 0 Å². The van der Waals surface area contributed by atoms with Crippen LogP contribution in [0.25, 0.3) is 6.08 Å². The Hall–Kier alpha value is -2.16. The molecule has 2 aliphatic rings. The van der Waals surface area contributed by atoms with Crippen molar-refractivity contribution in [3.63, 3.8) is 0 Å². The highest BCUT2D eigenvalue weighted by Crippen LogP contribution is 2.41. The van der Waals surface area contributed by atoms with Gasteiger partial charge in [-0.3, -0.25) is 0 Å². The minimum atomic E-state index is 0.324. The third-order valence-electron chi connectivity index (χ3n) is 3.88. The molecule has 0 fully saturated rings. The Morgan fingerprint density at radius 1 is 1.12 bits per heavy atom. The van der Waals surface area contributed by atoms with Crippen molar-refractivity contribution >= 4 is 18.6 Å². The first-order chi connectivity index (χ1) is 11.7. The molecular weight excluding hydrogens is 300 g/mol. The summed E-state index contributed by atoms with van der Waals surface area (Å²) in [6, 6.07) is 8.65. The number of carbonyl (C=O) groups excluding carboxylic acids is 2. The summed E-state index contributed by atoms with van der Waals surface area (Å²) in [7, 11) is 0. The quantitative estimate of drug-likeness (QED) is 0.728. The Labute approximate surface area is 145 Å². The minimum Gasteiger partial charge on any atom is -0.497 e. The molecule has 24 heavy (non-hydrogen) atoms. The van der Waals surface area contributed by atoms with Gasteiger partial charge in [0.05, 0.1) is 6.26 Å². The van der Waals surface area contributed by atoms with E-state index in [-0.39, 0.29) is 0 Å². The zero-order valence-corrected chi connectivity index (χ0v) is 14.9. The van der Waals surface area contributed by atoms with Crippen molar-refractivity contribution in [3.8, 4) is 0 Å². The minimum absolute atomic E-state index is 0.324. The number of rotatable bonds is 3. The first-order valence-electron chi connectivity index (χ1n) is 8.64. The number of ether oxygens (including phenoxy) is 1. The third kappa shape index (κ3) is 5.80. The fourth-order valence-corrected chi connectivity index (χ4v) is 2.80. The maximum atomic E-state index is 9.17. The van der Waals surface area contributed by atoms with E-state index in [2.05, 4.69) is 43.3 Å². The van der Waals surface area contributed by atoms with E-state index in [1.54, 1.807) is 0 Å². The van der Waals surface area contributed by atoms with Crippen LogP contribution in [0.3, 0.4) is 0 Å². The Balaban J connectivity index is 0.000000306. The predicted molar refractivity (Wildman–Crippen MR) is 98.8 cm³/mol. The van der Waals surface area contributed by atoms with Crippen LogP contribution >= 0.6 is 0 Å². The standard InChI is InChI=1S/C15H16O.2C3H6O/c1-11-10-12-6-2-3-7-13(12)15(11)14-8-4-5-9-16-14;2*1-2-3-4/h2-3,5-7,9-10,14-15H,4,8H2,1H3;2*3H,2H2,1H3. The molecule has 2 unspecified atom stereocenters. The molecule has 3 heteroatoms. The lowest BCUT2D eigenvalue weighted by Crippen LogP contribution is -2.22. The molecular formula is C21H28O3. The summed E-state index contributed by atoms with van der Waals surface area (Å²) < 4.78 is 5.77. The topological polar surface area (TPSA) is 43.4 Å². The smallest absolute Gasteiger partial charge is 0.119 e. The summed E-state index contributed by atoms with van der Waals surface area (Å²) in [5.41, 5.74) is 4.23. The maximum absolute atomic E-state index is 9.17. The van der Waals surface area contributed by atoms with Crippen LogP contribution in [0.5, 0.6) is 0 Å². The first-order valence-corrected chi connectivity index (χ1v) is 8.64. The van der Waals surface area contributed by atoms with Crippen LogP contribution in [0.4, 0.5) is 0 Å². The van der Waals surface area contributed by atoms with E-state index in [1.807, 2.05) is 20.1 Å². The van der Waals surface area contributed by atoms with E-state index in [4.69, 9.17) is 4.74 Å². The number of allylic oxidation sites excluding steroid dienone is 1. The first kappa shape index (κ1) is 19.9. The summed E-state index contributed by atoms with van der Waals surface area (Å²) in [6.07, 6.45) is 11.9. The largest absolute Gasteiger partial charge is 0.497 e. The molecule has 0 aromatic heterocycles. The number of hydrogen-bond donors (Lipinski definition) is 0. The van der Waals surface area contributed by atoms with Gasteiger partial charge in [-0.1, -0.05) is 49.8 Å². The number of fused-ring (bicyclic) bond motifs is 1. The maximum Gasteiger partial charge on any atom is 0.119 e. The van der Waals surface area contributed by atoms with E-state index in [1.165, 1.54) is 16.7 Å². The highest BCUT2D eigenvalue weighted by Gasteiger charge is 2.31. The molecule has 0 saturated carbocycles. The van der Waals surface area contributed by atoms with Crippen LogP contribution in [0.2, 0.25) is 0 Å². The summed E-state index contributed by atoms with van der Waals surface area (Å²) >= 11 is 0. The molecule has 130 valence electrons. The van der Waals surface area contributed by atoms with Crippen LogP contribution in [0.1, 0.15) is 63.5 Å². The van der Waals surface area contributed by atoms with Crippen LogP contribution in [-0.2, 0) is 14.3 Å². The van der Waals surface area contributed by atoms with Gasteiger partial charge in [0, 0.05) is 18.8 Å². The second kappa shape index (κ2) is 11.4. The van der Waals surface area contributed by atoms with Gasteiger partial charge in [0.25, 0.3) is 0 Å². The predicted octanol–water partition coefficient (Wildman–Crippen LogP) is 5.07. The number of hydrogen-bond acceptors (Lipinski definition) is 3. The van der Waals surface area contributed by atoms with Gasteiger partial charge in [-0.25, -0.2) is 0 Å². The monoisotopic (exact) mass is 328 g/mol. The Kier molecular flexibility index (Phi) is 9.44. The van der Waals surface area contributed by atoms with Crippen molar-refractivity contribution in [3.05, 3.63) is 53.3 Å². The SMILES string of the molecule is CC1=Cc2ccccc2C1C1CCC=CO1.CCC=O.CCC=O. The zero-order chi connectivity index (χ0) is 17.8. The average molecular weight is 328 g/mol. The van der Waals surface area contributed by atoms with Crippen molar-refractivity contribution in [1.82, 2.24) is 0 Å². The molecule has 3 rings (SSSR count). The van der Waals surface area contributed by atoms with Gasteiger partial charge in [-0.05, 0) is 37.0 Å². The van der Waals surface area contributed by atoms with Crippen LogP contribution < -0.4 is 0 Å². The summed E-state index contributed by atoms with van der Waals surface area (Å²) in [4.78, 5) is 18.3. The van der Waals surface area contributed by atoms with Crippen molar-refractivity contribution in [2.75, 3.05) is 0 Å². The lowest BCUT2D eigenvalue weighted by Gasteiger charge is -2.27. The summed E-state index contributed by atoms with van der Waals surface area (Å²) in [5.74, 6) is 0.459. The molecule has 1 aliphatic heterocycles. The van der Waals surface area contributed by atoms with Crippen molar-refractivity contribution < 1.29 is 14.3 Å². The third-order valence-corrected chi connectivity index (χ3v) is 3.88. The second-order valence-electron chi connectivity index (χ2n) is 5.77. The van der Waals surface area contributed by atoms with Crippen LogP contribution in [0.15, 0.2) is 42.2 Å². The summed E-state index contributed by atoms with van der Waals surface area (Å²) in [5, 5.41) is 0. The molecule has 2 atom stereocenters. The van der Waals surface area contributed by atoms with Crippen molar-refractivity contribution in [2.45, 2.75) is 58.5 Å². The van der Waals surface area contributed by atoms with Crippen LogP contribution in [-0.4, -0.2) is 18.7 Å². The van der Waals surface area contributed by atoms with Gasteiger partial charge < -0.3 is 14.3 Å². The van der Waals surface area contributed by atoms with Crippen LogP contribution in [0, 0.1) is 0 Å². The van der Waals surface area contributed by atoms with Crippen molar-refractivity contribution in [2.24, 2.45) is 0 Å². The Bertz CT molecular complexity index is 564. The van der Waals surface area contributed by atoms with Crippen molar-refractivity contribution in [1.29, 1.82) is 0 Å². The van der Waals surface area contributed by atoms with E-state index in [0.717, 1.165) is 25.4 Å². The lowest BCUT2D eigenvalue weighted by atomic mass is 9.88. The molecule has 0 amide bonds. The second-order valence-corrected chi connectivity index (χ2v) is 5.77. The normalized spacial score (nSPS) is 20.2. The molecule has 1 aromatic rings. The molecule has 3 nitrogen and oxygen atoms in total. The van der Waals surface area contributed by atoms with Gasteiger partial charge >= 0.3 is 0 Å². The van der Waals surface area contributed by atoms with Gasteiger partial charge in [0.1, 0.15) is 18.7 Å². The summed E-state index contributed by atoms with van der Waals surface area (Å²) in [6.45, 7) is 5.84. The molecule has 0 N–H and O–H groups in total. The Morgan fingerprint density at radius 2 is 1.75 bits per heavy atom. The van der Waals surface area contributed by atoms with E-state index in [0.29, 0.717) is 24.9 Å². The molecule has 1 heterocycles.